The van der Waals surface area contributed by atoms with Crippen LogP contribution in [0.25, 0.3) is 0 Å². The predicted octanol–water partition coefficient (Wildman–Crippen LogP) is 0.851. The van der Waals surface area contributed by atoms with Gasteiger partial charge in [0.25, 0.3) is 5.91 Å². The number of benzene rings is 1. The molecular formula is C13H16N2O4. The second kappa shape index (κ2) is 6.65. The second-order valence-electron chi connectivity index (χ2n) is 3.82. The molecule has 0 fully saturated rings. The van der Waals surface area contributed by atoms with Crippen LogP contribution in [0.1, 0.15) is 0 Å². The van der Waals surface area contributed by atoms with E-state index in [2.05, 4.69) is 5.32 Å². The van der Waals surface area contributed by atoms with Crippen molar-refractivity contribution in [2.24, 2.45) is 5.73 Å². The Kier molecular flexibility index (Phi) is 4.63. The maximum atomic E-state index is 11.8. The molecule has 0 spiro atoms. The lowest BCUT2D eigenvalue weighted by atomic mass is 10.3. The highest BCUT2D eigenvalue weighted by Gasteiger charge is 2.14. The number of nitrogens with one attached hydrogen (secondary N) is 1. The van der Waals surface area contributed by atoms with Gasteiger partial charge in [-0.15, -0.1) is 0 Å². The van der Waals surface area contributed by atoms with Gasteiger partial charge in [-0.05, 0) is 24.3 Å². The second-order valence-corrected chi connectivity index (χ2v) is 3.82. The molecule has 0 aliphatic carbocycles. The number of carbonyl (C=O) groups is 1. The molecule has 0 unspecified atom stereocenters. The fraction of sp³-hybridized carbons (Fsp3) is 0.308. The Morgan fingerprint density at radius 3 is 2.74 bits per heavy atom. The van der Waals surface area contributed by atoms with Gasteiger partial charge in [0.15, 0.2) is 0 Å². The third kappa shape index (κ3) is 3.89. The summed E-state index contributed by atoms with van der Waals surface area (Å²) in [6.07, 6.45) is 1.32. The van der Waals surface area contributed by atoms with Gasteiger partial charge in [0, 0.05) is 12.2 Å². The molecule has 0 bridgehead atoms. The average molecular weight is 264 g/mol. The fourth-order valence-corrected chi connectivity index (χ4v) is 1.49. The standard InChI is InChI=1S/C13H16N2O4/c14-5-6-18-11-3-1-10(2-4-11)15-13(16)12-9-17-7-8-19-12/h1-4,9H,5-8,14H2,(H,15,16). The number of amides is 1. The summed E-state index contributed by atoms with van der Waals surface area (Å²) in [6.45, 7) is 1.77. The van der Waals surface area contributed by atoms with E-state index in [0.717, 1.165) is 0 Å². The molecule has 2 rings (SSSR count). The summed E-state index contributed by atoms with van der Waals surface area (Å²) in [5, 5.41) is 2.70. The van der Waals surface area contributed by atoms with Crippen molar-refractivity contribution >= 4 is 11.6 Å². The monoisotopic (exact) mass is 264 g/mol. The van der Waals surface area contributed by atoms with Crippen molar-refractivity contribution in [3.05, 3.63) is 36.3 Å². The van der Waals surface area contributed by atoms with Gasteiger partial charge in [-0.25, -0.2) is 0 Å². The number of hydrogen-bond donors (Lipinski definition) is 2. The Labute approximate surface area is 111 Å². The topological polar surface area (TPSA) is 82.8 Å². The van der Waals surface area contributed by atoms with Crippen molar-refractivity contribution in [3.63, 3.8) is 0 Å². The summed E-state index contributed by atoms with van der Waals surface area (Å²) < 4.78 is 15.5. The van der Waals surface area contributed by atoms with Crippen molar-refractivity contribution < 1.29 is 19.0 Å². The van der Waals surface area contributed by atoms with Crippen molar-refractivity contribution in [1.82, 2.24) is 0 Å². The third-order valence-corrected chi connectivity index (χ3v) is 2.37. The Morgan fingerprint density at radius 1 is 1.32 bits per heavy atom. The van der Waals surface area contributed by atoms with E-state index in [1.807, 2.05) is 0 Å². The average Bonchev–Trinajstić information content (AvgIpc) is 2.47. The zero-order chi connectivity index (χ0) is 13.5. The molecule has 0 atom stereocenters. The number of nitrogens with two attached hydrogens (primary N) is 1. The van der Waals surface area contributed by atoms with Crippen molar-refractivity contribution in [3.8, 4) is 5.75 Å². The maximum absolute atomic E-state index is 11.8. The van der Waals surface area contributed by atoms with E-state index >= 15 is 0 Å². The molecule has 1 aliphatic rings. The molecule has 0 aromatic heterocycles. The van der Waals surface area contributed by atoms with Gasteiger partial charge < -0.3 is 25.3 Å². The van der Waals surface area contributed by atoms with Crippen molar-refractivity contribution in [2.45, 2.75) is 0 Å². The van der Waals surface area contributed by atoms with Gasteiger partial charge in [0.05, 0.1) is 0 Å². The van der Waals surface area contributed by atoms with Crippen LogP contribution in [-0.2, 0) is 14.3 Å². The summed E-state index contributed by atoms with van der Waals surface area (Å²) in [5.41, 5.74) is 5.99. The van der Waals surface area contributed by atoms with Gasteiger partial charge in [-0.1, -0.05) is 0 Å². The Hall–Kier alpha value is -2.21. The minimum Gasteiger partial charge on any atom is -0.494 e. The van der Waals surface area contributed by atoms with E-state index < -0.39 is 0 Å². The molecule has 6 heteroatoms. The van der Waals surface area contributed by atoms with E-state index in [1.54, 1.807) is 24.3 Å². The van der Waals surface area contributed by atoms with Crippen LogP contribution in [0.3, 0.4) is 0 Å². The number of anilines is 1. The molecule has 1 heterocycles. The highest BCUT2D eigenvalue weighted by Crippen LogP contribution is 2.16. The Morgan fingerprint density at radius 2 is 2.11 bits per heavy atom. The normalized spacial score (nSPS) is 13.8. The summed E-state index contributed by atoms with van der Waals surface area (Å²) in [6, 6.07) is 7.01. The fourth-order valence-electron chi connectivity index (χ4n) is 1.49. The molecule has 0 radical (unpaired) electrons. The summed E-state index contributed by atoms with van der Waals surface area (Å²) in [4.78, 5) is 11.8. The zero-order valence-corrected chi connectivity index (χ0v) is 10.4. The van der Waals surface area contributed by atoms with E-state index in [-0.39, 0.29) is 11.7 Å². The lowest BCUT2D eigenvalue weighted by Gasteiger charge is -2.15. The summed E-state index contributed by atoms with van der Waals surface area (Å²) >= 11 is 0. The maximum Gasteiger partial charge on any atom is 0.294 e. The van der Waals surface area contributed by atoms with Gasteiger partial charge in [0.2, 0.25) is 5.76 Å². The van der Waals surface area contributed by atoms with Gasteiger partial charge in [-0.3, -0.25) is 4.79 Å². The lowest BCUT2D eigenvalue weighted by molar-refractivity contribution is -0.117. The van der Waals surface area contributed by atoms with Crippen molar-refractivity contribution in [2.75, 3.05) is 31.7 Å². The number of carbonyl (C=O) groups excluding carboxylic acids is 1. The highest BCUT2D eigenvalue weighted by molar-refractivity contribution is 6.02. The molecule has 1 aromatic rings. The molecule has 3 N–H and O–H groups in total. The van der Waals surface area contributed by atoms with Crippen LogP contribution < -0.4 is 15.8 Å². The quantitative estimate of drug-likeness (QED) is 0.823. The number of hydrogen-bond acceptors (Lipinski definition) is 5. The van der Waals surface area contributed by atoms with E-state index in [9.17, 15) is 4.79 Å². The van der Waals surface area contributed by atoms with Crippen molar-refractivity contribution in [1.29, 1.82) is 0 Å². The minimum atomic E-state index is -0.338. The van der Waals surface area contributed by atoms with E-state index in [0.29, 0.717) is 37.8 Å². The van der Waals surface area contributed by atoms with Crippen LogP contribution >= 0.6 is 0 Å². The minimum absolute atomic E-state index is 0.176. The zero-order valence-electron chi connectivity index (χ0n) is 10.4. The van der Waals surface area contributed by atoms with Crippen LogP contribution in [0.4, 0.5) is 5.69 Å². The molecule has 0 saturated carbocycles. The Bertz CT molecular complexity index is 456. The molecule has 0 saturated heterocycles. The Balaban J connectivity index is 1.91. The number of rotatable bonds is 5. The first-order valence-electron chi connectivity index (χ1n) is 5.98. The molecule has 6 nitrogen and oxygen atoms in total. The first-order valence-corrected chi connectivity index (χ1v) is 5.98. The molecular weight excluding hydrogens is 248 g/mol. The smallest absolute Gasteiger partial charge is 0.294 e. The van der Waals surface area contributed by atoms with E-state index in [4.69, 9.17) is 19.9 Å². The first-order chi connectivity index (χ1) is 9.29. The summed E-state index contributed by atoms with van der Waals surface area (Å²) in [5.74, 6) is 0.546. The summed E-state index contributed by atoms with van der Waals surface area (Å²) in [7, 11) is 0. The molecule has 1 aromatic carbocycles. The molecule has 1 aliphatic heterocycles. The van der Waals surface area contributed by atoms with Gasteiger partial charge >= 0.3 is 0 Å². The SMILES string of the molecule is NCCOc1ccc(NC(=O)C2=COCCO2)cc1. The van der Waals surface area contributed by atoms with Crippen LogP contribution in [0.15, 0.2) is 36.3 Å². The van der Waals surface area contributed by atoms with Crippen LogP contribution in [0.2, 0.25) is 0 Å². The van der Waals surface area contributed by atoms with Gasteiger partial charge in [0.1, 0.15) is 31.8 Å². The largest absolute Gasteiger partial charge is 0.494 e. The third-order valence-electron chi connectivity index (χ3n) is 2.37. The predicted molar refractivity (Wildman–Crippen MR) is 69.6 cm³/mol. The molecule has 102 valence electrons. The molecule has 1 amide bonds. The van der Waals surface area contributed by atoms with Crippen LogP contribution in [0, 0.1) is 0 Å². The molecule has 19 heavy (non-hydrogen) atoms. The first kappa shape index (κ1) is 13.2. The number of ether oxygens (including phenoxy) is 3. The lowest BCUT2D eigenvalue weighted by Crippen LogP contribution is -2.21. The van der Waals surface area contributed by atoms with E-state index in [1.165, 1.54) is 6.26 Å². The highest BCUT2D eigenvalue weighted by atomic mass is 16.6. The van der Waals surface area contributed by atoms with Gasteiger partial charge in [-0.2, -0.15) is 0 Å². The van der Waals surface area contributed by atoms with Crippen LogP contribution in [-0.4, -0.2) is 32.3 Å². The van der Waals surface area contributed by atoms with Crippen LogP contribution in [0.5, 0.6) is 5.75 Å².